The summed E-state index contributed by atoms with van der Waals surface area (Å²) in [4.78, 5) is 31.8. The van der Waals surface area contributed by atoms with Crippen molar-refractivity contribution in [1.82, 2.24) is 19.8 Å². The predicted molar refractivity (Wildman–Crippen MR) is 118 cm³/mol. The van der Waals surface area contributed by atoms with Crippen LogP contribution in [0.3, 0.4) is 0 Å². The van der Waals surface area contributed by atoms with Gasteiger partial charge in [-0.05, 0) is 50.0 Å². The summed E-state index contributed by atoms with van der Waals surface area (Å²) in [5.74, 6) is -1.11. The van der Waals surface area contributed by atoms with Crippen molar-refractivity contribution >= 4 is 23.4 Å². The molecule has 1 atom stereocenters. The first kappa shape index (κ1) is 23.2. The summed E-state index contributed by atoms with van der Waals surface area (Å²) in [6, 6.07) is 3.66. The summed E-state index contributed by atoms with van der Waals surface area (Å²) in [6.07, 6.45) is 1.26. The Kier molecular flexibility index (Phi) is 6.71. The minimum atomic E-state index is -0.815. The Labute approximate surface area is 186 Å². The van der Waals surface area contributed by atoms with Crippen LogP contribution in [-0.2, 0) is 17.9 Å². The van der Waals surface area contributed by atoms with Crippen LogP contribution in [-0.4, -0.2) is 45.9 Å². The maximum Gasteiger partial charge on any atom is 0.272 e. The summed E-state index contributed by atoms with van der Waals surface area (Å²) in [6.45, 7) is 7.91. The second-order valence-corrected chi connectivity index (χ2v) is 9.70. The highest BCUT2D eigenvalue weighted by Crippen LogP contribution is 2.29. The van der Waals surface area contributed by atoms with Gasteiger partial charge in [-0.3, -0.25) is 9.59 Å². The fraction of sp³-hybridized carbons (Fsp3) is 0.500. The third-order valence-electron chi connectivity index (χ3n) is 5.27. The lowest BCUT2D eigenvalue weighted by atomic mass is 9.88. The Morgan fingerprint density at radius 3 is 2.65 bits per heavy atom. The molecule has 1 unspecified atom stereocenters. The van der Waals surface area contributed by atoms with Crippen LogP contribution in [0.4, 0.5) is 4.39 Å². The zero-order chi connectivity index (χ0) is 22.9. The molecular formula is C22H29ClFN5O2. The molecule has 0 spiro atoms. The van der Waals surface area contributed by atoms with E-state index in [9.17, 15) is 14.0 Å². The van der Waals surface area contributed by atoms with Crippen molar-refractivity contribution < 1.29 is 14.0 Å². The number of nitrogens with one attached hydrogen (secondary N) is 1. The molecule has 0 radical (unpaired) electrons. The van der Waals surface area contributed by atoms with Gasteiger partial charge in [0.2, 0.25) is 5.91 Å². The molecule has 31 heavy (non-hydrogen) atoms. The average Bonchev–Trinajstić information content (AvgIpc) is 2.89. The van der Waals surface area contributed by atoms with E-state index < -0.39 is 23.7 Å². The van der Waals surface area contributed by atoms with Crippen LogP contribution in [0.15, 0.2) is 18.2 Å². The normalized spacial score (nSPS) is 15.8. The van der Waals surface area contributed by atoms with E-state index in [1.165, 1.54) is 12.1 Å². The minimum absolute atomic E-state index is 0.0237. The van der Waals surface area contributed by atoms with E-state index in [0.717, 1.165) is 18.7 Å². The number of hydrogen-bond donors (Lipinski definition) is 2. The van der Waals surface area contributed by atoms with Gasteiger partial charge >= 0.3 is 0 Å². The molecule has 0 bridgehead atoms. The Bertz CT molecular complexity index is 999. The van der Waals surface area contributed by atoms with Gasteiger partial charge in [0.15, 0.2) is 5.69 Å². The average molecular weight is 450 g/mol. The monoisotopic (exact) mass is 449 g/mol. The number of carbonyl (C=O) groups is 2. The van der Waals surface area contributed by atoms with E-state index in [1.54, 1.807) is 6.07 Å². The summed E-state index contributed by atoms with van der Waals surface area (Å²) >= 11 is 5.84. The molecule has 0 aliphatic carbocycles. The third-order valence-corrected chi connectivity index (χ3v) is 5.58. The van der Waals surface area contributed by atoms with E-state index >= 15 is 0 Å². The SMILES string of the molecule is CN1CCCn2c(-c3ccc(Cl)c(F)c3)nc(C(=O)NC(CC(C)(C)C)C(N)=O)c2C1. The molecule has 1 aliphatic rings. The molecule has 168 valence electrons. The lowest BCUT2D eigenvalue weighted by Crippen LogP contribution is -2.46. The maximum absolute atomic E-state index is 14.1. The Balaban J connectivity index is 2.03. The number of rotatable bonds is 5. The molecule has 1 aromatic heterocycles. The van der Waals surface area contributed by atoms with Crippen molar-refractivity contribution in [2.75, 3.05) is 13.6 Å². The number of aromatic nitrogens is 2. The molecule has 0 saturated carbocycles. The standard InChI is InChI=1S/C22H29ClFN5O2/c1-22(2,3)11-16(19(25)30)26-21(31)18-17-12-28(4)8-5-9-29(17)20(27-18)13-6-7-14(23)15(24)10-13/h6-7,10,16H,5,8-9,11-12H2,1-4H3,(H2,25,30)(H,26,31). The van der Waals surface area contributed by atoms with Crippen molar-refractivity contribution in [2.45, 2.75) is 52.7 Å². The van der Waals surface area contributed by atoms with Crippen LogP contribution in [0, 0.1) is 11.2 Å². The maximum atomic E-state index is 14.1. The quantitative estimate of drug-likeness (QED) is 0.733. The first-order chi connectivity index (χ1) is 14.5. The number of halogens is 2. The largest absolute Gasteiger partial charge is 0.368 e. The molecule has 1 aromatic carbocycles. The van der Waals surface area contributed by atoms with Gasteiger partial charge in [0.25, 0.3) is 5.91 Å². The highest BCUT2D eigenvalue weighted by atomic mass is 35.5. The molecule has 3 N–H and O–H groups in total. The lowest BCUT2D eigenvalue weighted by molar-refractivity contribution is -0.120. The van der Waals surface area contributed by atoms with Gasteiger partial charge in [-0.15, -0.1) is 0 Å². The van der Waals surface area contributed by atoms with E-state index in [2.05, 4.69) is 15.2 Å². The van der Waals surface area contributed by atoms with Crippen molar-refractivity contribution in [2.24, 2.45) is 11.1 Å². The Hall–Kier alpha value is -2.45. The van der Waals surface area contributed by atoms with E-state index in [0.29, 0.717) is 30.9 Å². The van der Waals surface area contributed by atoms with Crippen molar-refractivity contribution in [3.05, 3.63) is 40.4 Å². The summed E-state index contributed by atoms with van der Waals surface area (Å²) < 4.78 is 16.1. The van der Waals surface area contributed by atoms with Gasteiger partial charge in [-0.1, -0.05) is 32.4 Å². The van der Waals surface area contributed by atoms with E-state index in [-0.39, 0.29) is 16.1 Å². The number of imidazole rings is 1. The Morgan fingerprint density at radius 2 is 2.03 bits per heavy atom. The molecular weight excluding hydrogens is 421 g/mol. The van der Waals surface area contributed by atoms with Gasteiger partial charge in [-0.2, -0.15) is 0 Å². The predicted octanol–water partition coefficient (Wildman–Crippen LogP) is 3.20. The fourth-order valence-electron chi connectivity index (χ4n) is 3.82. The smallest absolute Gasteiger partial charge is 0.272 e. The van der Waals surface area contributed by atoms with Gasteiger partial charge in [0.05, 0.1) is 10.7 Å². The lowest BCUT2D eigenvalue weighted by Gasteiger charge is -2.24. The number of nitrogens with two attached hydrogens (primary N) is 1. The van der Waals surface area contributed by atoms with Crippen LogP contribution in [0.5, 0.6) is 0 Å². The van der Waals surface area contributed by atoms with E-state index in [1.807, 2.05) is 32.4 Å². The molecule has 0 fully saturated rings. The topological polar surface area (TPSA) is 93.2 Å². The number of carbonyl (C=O) groups excluding carboxylic acids is 2. The first-order valence-corrected chi connectivity index (χ1v) is 10.7. The molecule has 7 nitrogen and oxygen atoms in total. The van der Waals surface area contributed by atoms with Gasteiger partial charge < -0.3 is 20.5 Å². The molecule has 3 rings (SSSR count). The fourth-order valence-corrected chi connectivity index (χ4v) is 3.94. The van der Waals surface area contributed by atoms with Gasteiger partial charge in [-0.25, -0.2) is 9.37 Å². The van der Waals surface area contributed by atoms with Crippen LogP contribution in [0.2, 0.25) is 5.02 Å². The minimum Gasteiger partial charge on any atom is -0.368 e. The molecule has 1 aliphatic heterocycles. The van der Waals surface area contributed by atoms with Crippen molar-refractivity contribution in [3.63, 3.8) is 0 Å². The van der Waals surface area contributed by atoms with Crippen molar-refractivity contribution in [3.8, 4) is 11.4 Å². The molecule has 2 amide bonds. The highest BCUT2D eigenvalue weighted by molar-refractivity contribution is 6.30. The number of amides is 2. The van der Waals surface area contributed by atoms with Crippen LogP contribution >= 0.6 is 11.6 Å². The number of fused-ring (bicyclic) bond motifs is 1. The highest BCUT2D eigenvalue weighted by Gasteiger charge is 2.30. The van der Waals surface area contributed by atoms with Crippen LogP contribution in [0.25, 0.3) is 11.4 Å². The summed E-state index contributed by atoms with van der Waals surface area (Å²) in [5, 5.41) is 2.78. The number of benzene rings is 1. The van der Waals surface area contributed by atoms with E-state index in [4.69, 9.17) is 17.3 Å². The molecule has 9 heteroatoms. The zero-order valence-electron chi connectivity index (χ0n) is 18.3. The summed E-state index contributed by atoms with van der Waals surface area (Å²) in [5.41, 5.74) is 6.82. The van der Waals surface area contributed by atoms with Crippen LogP contribution < -0.4 is 11.1 Å². The molecule has 0 saturated heterocycles. The number of hydrogen-bond acceptors (Lipinski definition) is 4. The first-order valence-electron chi connectivity index (χ1n) is 10.3. The zero-order valence-corrected chi connectivity index (χ0v) is 19.1. The second kappa shape index (κ2) is 8.96. The Morgan fingerprint density at radius 1 is 1.32 bits per heavy atom. The summed E-state index contributed by atoms with van der Waals surface area (Å²) in [7, 11) is 1.97. The van der Waals surface area contributed by atoms with Gasteiger partial charge in [0.1, 0.15) is 17.7 Å². The number of nitrogens with zero attached hydrogens (tertiary/aromatic N) is 3. The van der Waals surface area contributed by atoms with Crippen molar-refractivity contribution in [1.29, 1.82) is 0 Å². The molecule has 2 heterocycles. The molecule has 2 aromatic rings. The van der Waals surface area contributed by atoms with Crippen LogP contribution in [0.1, 0.15) is 49.8 Å². The number of primary amides is 1. The third kappa shape index (κ3) is 5.43. The van der Waals surface area contributed by atoms with Gasteiger partial charge in [0, 0.05) is 18.7 Å². The second-order valence-electron chi connectivity index (χ2n) is 9.30.